The molecule has 2 fully saturated rings. The second-order valence-electron chi connectivity index (χ2n) is 8.99. The van der Waals surface area contributed by atoms with E-state index in [1.54, 1.807) is 0 Å². The minimum atomic E-state index is -0.120. The zero-order chi connectivity index (χ0) is 22.3. The van der Waals surface area contributed by atoms with Crippen molar-refractivity contribution in [1.29, 1.82) is 0 Å². The summed E-state index contributed by atoms with van der Waals surface area (Å²) < 4.78 is 0. The predicted molar refractivity (Wildman–Crippen MR) is 124 cm³/mol. The van der Waals surface area contributed by atoms with Crippen molar-refractivity contribution in [2.75, 3.05) is 26.2 Å². The van der Waals surface area contributed by atoms with Crippen molar-refractivity contribution >= 4 is 17.6 Å². The van der Waals surface area contributed by atoms with Gasteiger partial charge in [-0.1, -0.05) is 60.7 Å². The molecule has 2 aromatic rings. The molecule has 0 N–H and O–H groups in total. The highest BCUT2D eigenvalue weighted by Crippen LogP contribution is 2.26. The van der Waals surface area contributed by atoms with Crippen molar-refractivity contribution in [3.63, 3.8) is 0 Å². The van der Waals surface area contributed by atoms with E-state index in [1.165, 1.54) is 5.56 Å². The zero-order valence-corrected chi connectivity index (χ0v) is 18.6. The number of carbonyl (C=O) groups excluding carboxylic acids is 3. The number of carbonyl (C=O) groups is 3. The molecule has 2 aliphatic heterocycles. The number of benzene rings is 2. The Bertz CT molecular complexity index is 920. The minimum absolute atomic E-state index is 0.0103. The summed E-state index contributed by atoms with van der Waals surface area (Å²) in [6.45, 7) is 2.47. The van der Waals surface area contributed by atoms with Gasteiger partial charge < -0.3 is 9.80 Å². The number of nitrogens with zero attached hydrogens (tertiary/aromatic N) is 2. The monoisotopic (exact) mass is 432 g/mol. The lowest BCUT2D eigenvalue weighted by atomic mass is 9.87. The molecule has 0 aromatic heterocycles. The van der Waals surface area contributed by atoms with Gasteiger partial charge in [-0.15, -0.1) is 0 Å². The first-order chi connectivity index (χ1) is 15.6. The smallest absolute Gasteiger partial charge is 0.227 e. The van der Waals surface area contributed by atoms with E-state index in [9.17, 15) is 14.4 Å². The molecule has 168 valence electrons. The van der Waals surface area contributed by atoms with Crippen LogP contribution in [-0.2, 0) is 16.0 Å². The van der Waals surface area contributed by atoms with Crippen molar-refractivity contribution in [3.05, 3.63) is 71.8 Å². The Balaban J connectivity index is 1.26. The summed E-state index contributed by atoms with van der Waals surface area (Å²) in [5.41, 5.74) is 2.03. The molecule has 2 aliphatic rings. The first-order valence-electron chi connectivity index (χ1n) is 11.8. The summed E-state index contributed by atoms with van der Waals surface area (Å²) in [5, 5.41) is 0. The van der Waals surface area contributed by atoms with E-state index < -0.39 is 0 Å². The summed E-state index contributed by atoms with van der Waals surface area (Å²) in [5.74, 6) is 0.366. The third-order valence-electron chi connectivity index (χ3n) is 6.82. The van der Waals surface area contributed by atoms with E-state index in [1.807, 2.05) is 58.3 Å². The van der Waals surface area contributed by atoms with Crippen molar-refractivity contribution in [3.8, 4) is 0 Å². The lowest BCUT2D eigenvalue weighted by molar-refractivity contribution is -0.143. The van der Waals surface area contributed by atoms with Crippen LogP contribution in [0.5, 0.6) is 0 Å². The summed E-state index contributed by atoms with van der Waals surface area (Å²) in [6.07, 6.45) is 4.36. The topological polar surface area (TPSA) is 57.7 Å². The van der Waals surface area contributed by atoms with Gasteiger partial charge in [0, 0.05) is 44.1 Å². The Labute approximate surface area is 190 Å². The van der Waals surface area contributed by atoms with Gasteiger partial charge in [0.25, 0.3) is 0 Å². The standard InChI is InChI=1S/C27H32N2O3/c30-25-14-13-24(20-29(25)17-7-10-21-8-3-1-4-9-21)27(32)28-18-15-23(16-19-28)26(31)22-11-5-2-6-12-22/h1-6,8-9,11-12,23-24H,7,10,13-20H2. The number of aryl methyl sites for hydroxylation is 1. The van der Waals surface area contributed by atoms with Crippen LogP contribution in [-0.4, -0.2) is 53.6 Å². The molecule has 32 heavy (non-hydrogen) atoms. The maximum absolute atomic E-state index is 13.2. The van der Waals surface area contributed by atoms with Gasteiger partial charge >= 0.3 is 0 Å². The number of likely N-dealkylation sites (tertiary alicyclic amines) is 2. The molecular weight excluding hydrogens is 400 g/mol. The van der Waals surface area contributed by atoms with Crippen LogP contribution in [0, 0.1) is 11.8 Å². The molecule has 4 rings (SSSR count). The maximum Gasteiger partial charge on any atom is 0.227 e. The fourth-order valence-electron chi connectivity index (χ4n) is 4.91. The van der Waals surface area contributed by atoms with E-state index in [2.05, 4.69) is 12.1 Å². The summed E-state index contributed by atoms with van der Waals surface area (Å²) in [7, 11) is 0. The summed E-state index contributed by atoms with van der Waals surface area (Å²) in [4.78, 5) is 42.0. The lowest BCUT2D eigenvalue weighted by Gasteiger charge is -2.37. The van der Waals surface area contributed by atoms with E-state index in [-0.39, 0.29) is 29.4 Å². The van der Waals surface area contributed by atoms with E-state index in [0.29, 0.717) is 51.9 Å². The largest absolute Gasteiger partial charge is 0.342 e. The molecule has 2 heterocycles. The van der Waals surface area contributed by atoms with Crippen molar-refractivity contribution < 1.29 is 14.4 Å². The number of amides is 2. The molecule has 1 atom stereocenters. The van der Waals surface area contributed by atoms with Gasteiger partial charge in [0.05, 0.1) is 5.92 Å². The minimum Gasteiger partial charge on any atom is -0.342 e. The van der Waals surface area contributed by atoms with Gasteiger partial charge in [0.1, 0.15) is 0 Å². The molecule has 0 radical (unpaired) electrons. The Hall–Kier alpha value is -2.95. The molecule has 2 aromatic carbocycles. The lowest BCUT2D eigenvalue weighted by Crippen LogP contribution is -2.49. The number of piperidine rings is 2. The normalized spacial score (nSPS) is 19.8. The second-order valence-corrected chi connectivity index (χ2v) is 8.99. The summed E-state index contributed by atoms with van der Waals surface area (Å²) >= 11 is 0. The zero-order valence-electron chi connectivity index (χ0n) is 18.6. The highest BCUT2D eigenvalue weighted by molar-refractivity contribution is 5.98. The fraction of sp³-hybridized carbons (Fsp3) is 0.444. The average molecular weight is 433 g/mol. The van der Waals surface area contributed by atoms with Crippen LogP contribution < -0.4 is 0 Å². The van der Waals surface area contributed by atoms with Crippen LogP contribution in [0.1, 0.15) is 48.0 Å². The van der Waals surface area contributed by atoms with Gasteiger partial charge in [0.2, 0.25) is 11.8 Å². The Morgan fingerprint density at radius 1 is 0.844 bits per heavy atom. The molecule has 1 unspecified atom stereocenters. The Kier molecular flexibility index (Phi) is 7.35. The van der Waals surface area contributed by atoms with Crippen LogP contribution in [0.2, 0.25) is 0 Å². The van der Waals surface area contributed by atoms with Crippen LogP contribution in [0.15, 0.2) is 60.7 Å². The molecule has 0 spiro atoms. The van der Waals surface area contributed by atoms with Crippen LogP contribution in [0.4, 0.5) is 0 Å². The molecule has 0 saturated carbocycles. The fourth-order valence-corrected chi connectivity index (χ4v) is 4.91. The summed E-state index contributed by atoms with van der Waals surface area (Å²) in [6, 6.07) is 19.7. The Morgan fingerprint density at radius 3 is 2.19 bits per heavy atom. The number of Topliss-reactive ketones (excluding diaryl/α,β-unsaturated/α-hetero) is 1. The molecule has 5 nitrogen and oxygen atoms in total. The van der Waals surface area contributed by atoms with Crippen LogP contribution in [0.3, 0.4) is 0 Å². The van der Waals surface area contributed by atoms with Gasteiger partial charge in [-0.2, -0.15) is 0 Å². The SMILES string of the molecule is O=C(c1ccccc1)C1CCN(C(=O)C2CCC(=O)N(CCCc3ccccc3)C2)CC1. The molecule has 0 bridgehead atoms. The predicted octanol–water partition coefficient (Wildman–Crippen LogP) is 3.98. The number of rotatable bonds is 7. The van der Waals surface area contributed by atoms with Gasteiger partial charge in [-0.05, 0) is 37.7 Å². The van der Waals surface area contributed by atoms with Gasteiger partial charge in [0.15, 0.2) is 5.78 Å². The average Bonchev–Trinajstić information content (AvgIpc) is 2.85. The molecule has 5 heteroatoms. The highest BCUT2D eigenvalue weighted by Gasteiger charge is 2.35. The van der Waals surface area contributed by atoms with Gasteiger partial charge in [-0.3, -0.25) is 14.4 Å². The van der Waals surface area contributed by atoms with Crippen LogP contribution >= 0.6 is 0 Å². The highest BCUT2D eigenvalue weighted by atomic mass is 16.2. The first-order valence-corrected chi connectivity index (χ1v) is 11.8. The molecule has 2 amide bonds. The van der Waals surface area contributed by atoms with Crippen LogP contribution in [0.25, 0.3) is 0 Å². The number of hydrogen-bond acceptors (Lipinski definition) is 3. The molecule has 0 aliphatic carbocycles. The van der Waals surface area contributed by atoms with E-state index in [0.717, 1.165) is 18.4 Å². The quantitative estimate of drug-likeness (QED) is 0.622. The van der Waals surface area contributed by atoms with Crippen molar-refractivity contribution in [1.82, 2.24) is 9.80 Å². The van der Waals surface area contributed by atoms with Gasteiger partial charge in [-0.25, -0.2) is 0 Å². The third kappa shape index (κ3) is 5.45. The third-order valence-corrected chi connectivity index (χ3v) is 6.82. The van der Waals surface area contributed by atoms with Crippen molar-refractivity contribution in [2.45, 2.75) is 38.5 Å². The van der Waals surface area contributed by atoms with E-state index in [4.69, 9.17) is 0 Å². The first kappa shape index (κ1) is 22.3. The Morgan fingerprint density at radius 2 is 1.50 bits per heavy atom. The van der Waals surface area contributed by atoms with Crippen molar-refractivity contribution in [2.24, 2.45) is 11.8 Å². The molecule has 2 saturated heterocycles. The molecular formula is C27H32N2O3. The maximum atomic E-state index is 13.2. The van der Waals surface area contributed by atoms with E-state index >= 15 is 0 Å². The number of hydrogen-bond donors (Lipinski definition) is 0. The second kappa shape index (κ2) is 10.6. The number of ketones is 1.